The molecule has 8 heteroatoms. The summed E-state index contributed by atoms with van der Waals surface area (Å²) in [6.45, 7) is 0.171. The Balaban J connectivity index is 2.10. The molecule has 1 N–H and O–H groups in total. The molecular formula is C12H18N2O4S2. The molecule has 0 aromatic heterocycles. The summed E-state index contributed by atoms with van der Waals surface area (Å²) in [4.78, 5) is 0. The summed E-state index contributed by atoms with van der Waals surface area (Å²) in [7, 11) is -5.09. The monoisotopic (exact) mass is 318 g/mol. The number of anilines is 1. The van der Waals surface area contributed by atoms with E-state index in [9.17, 15) is 16.8 Å². The maximum Gasteiger partial charge on any atom is 0.231 e. The Kier molecular flexibility index (Phi) is 4.08. The molecule has 0 aliphatic heterocycles. The summed E-state index contributed by atoms with van der Waals surface area (Å²) in [6, 6.07) is 6.79. The average Bonchev–Trinajstić information content (AvgIpc) is 3.19. The van der Waals surface area contributed by atoms with Crippen molar-refractivity contribution >= 4 is 25.7 Å². The molecule has 1 fully saturated rings. The smallest absolute Gasteiger partial charge is 0.231 e. The van der Waals surface area contributed by atoms with E-state index < -0.39 is 20.0 Å². The van der Waals surface area contributed by atoms with Gasteiger partial charge >= 0.3 is 0 Å². The minimum Gasteiger partial charge on any atom is -0.274 e. The molecule has 0 unspecified atom stereocenters. The number of nitrogens with one attached hydrogen (secondary N) is 1. The second kappa shape index (κ2) is 5.34. The van der Waals surface area contributed by atoms with Crippen molar-refractivity contribution in [1.29, 1.82) is 0 Å². The van der Waals surface area contributed by atoms with Gasteiger partial charge < -0.3 is 0 Å². The predicted octanol–water partition coefficient (Wildman–Crippen LogP) is 0.664. The summed E-state index contributed by atoms with van der Waals surface area (Å²) in [6.07, 6.45) is 2.55. The lowest BCUT2D eigenvalue weighted by atomic mass is 10.2. The summed E-state index contributed by atoms with van der Waals surface area (Å²) < 4.78 is 50.1. The number of hydrogen-bond donors (Lipinski definition) is 1. The molecule has 112 valence electrons. The van der Waals surface area contributed by atoms with E-state index in [4.69, 9.17) is 0 Å². The molecule has 1 aliphatic rings. The maximum absolute atomic E-state index is 11.7. The topological polar surface area (TPSA) is 83.6 Å². The second-order valence-corrected chi connectivity index (χ2v) is 9.02. The molecule has 0 bridgehead atoms. The van der Waals surface area contributed by atoms with E-state index in [2.05, 4.69) is 4.72 Å². The predicted molar refractivity (Wildman–Crippen MR) is 78.5 cm³/mol. The zero-order chi connectivity index (χ0) is 15.0. The Labute approximate surface area is 119 Å². The van der Waals surface area contributed by atoms with E-state index in [0.717, 1.165) is 16.1 Å². The molecule has 0 amide bonds. The molecule has 0 atom stereocenters. The van der Waals surface area contributed by atoms with Gasteiger partial charge in [0.15, 0.2) is 0 Å². The summed E-state index contributed by atoms with van der Waals surface area (Å²) >= 11 is 0. The van der Waals surface area contributed by atoms with Crippen LogP contribution in [0.4, 0.5) is 5.69 Å². The first-order valence-corrected chi connectivity index (χ1v) is 9.61. The number of sulfonamides is 2. The van der Waals surface area contributed by atoms with Gasteiger partial charge in [0.25, 0.3) is 0 Å². The van der Waals surface area contributed by atoms with Crippen molar-refractivity contribution < 1.29 is 16.8 Å². The number of nitrogens with zero attached hydrogens (tertiary/aromatic N) is 1. The molecule has 0 heterocycles. The minimum absolute atomic E-state index is 0.171. The first-order valence-electron chi connectivity index (χ1n) is 6.21. The Hall–Kier alpha value is -1.12. The standard InChI is InChI=1S/C12H18N2O4S2/c1-14(19(2,15)16)11-5-3-4-10(8-11)9-13-20(17,18)12-6-7-12/h3-5,8,12-13H,6-7,9H2,1-2H3. The lowest BCUT2D eigenvalue weighted by Crippen LogP contribution is -2.27. The zero-order valence-corrected chi connectivity index (χ0v) is 13.0. The van der Waals surface area contributed by atoms with E-state index in [1.807, 2.05) is 0 Å². The molecule has 1 saturated carbocycles. The summed E-state index contributed by atoms with van der Waals surface area (Å²) in [5, 5.41) is -0.260. The van der Waals surface area contributed by atoms with Crippen molar-refractivity contribution in [1.82, 2.24) is 4.72 Å². The van der Waals surface area contributed by atoms with Crippen LogP contribution in [0.1, 0.15) is 18.4 Å². The van der Waals surface area contributed by atoms with Gasteiger partial charge in [-0.05, 0) is 30.5 Å². The van der Waals surface area contributed by atoms with Gasteiger partial charge in [-0.15, -0.1) is 0 Å². The largest absolute Gasteiger partial charge is 0.274 e. The fourth-order valence-corrected chi connectivity index (χ4v) is 3.59. The third-order valence-electron chi connectivity index (χ3n) is 3.21. The van der Waals surface area contributed by atoms with Crippen LogP contribution in [-0.2, 0) is 26.6 Å². The van der Waals surface area contributed by atoms with Gasteiger partial charge in [-0.3, -0.25) is 4.31 Å². The normalized spacial score (nSPS) is 16.1. The van der Waals surface area contributed by atoms with Crippen molar-refractivity contribution in [3.8, 4) is 0 Å². The highest BCUT2D eigenvalue weighted by Gasteiger charge is 2.35. The highest BCUT2D eigenvalue weighted by Crippen LogP contribution is 2.27. The van der Waals surface area contributed by atoms with E-state index in [1.165, 1.54) is 7.05 Å². The quantitative estimate of drug-likeness (QED) is 0.835. The van der Waals surface area contributed by atoms with Crippen LogP contribution in [0.25, 0.3) is 0 Å². The first-order chi connectivity index (χ1) is 9.20. The SMILES string of the molecule is CN(c1cccc(CNS(=O)(=O)C2CC2)c1)S(C)(=O)=O. The van der Waals surface area contributed by atoms with Crippen molar-refractivity contribution in [3.05, 3.63) is 29.8 Å². The third-order valence-corrected chi connectivity index (χ3v) is 6.31. The molecular weight excluding hydrogens is 300 g/mol. The molecule has 1 aromatic carbocycles. The fraction of sp³-hybridized carbons (Fsp3) is 0.500. The average molecular weight is 318 g/mol. The van der Waals surface area contributed by atoms with E-state index >= 15 is 0 Å². The lowest BCUT2D eigenvalue weighted by molar-refractivity contribution is 0.579. The van der Waals surface area contributed by atoms with E-state index in [0.29, 0.717) is 18.5 Å². The van der Waals surface area contributed by atoms with E-state index in [1.54, 1.807) is 24.3 Å². The third kappa shape index (κ3) is 3.71. The number of rotatable bonds is 6. The number of hydrogen-bond acceptors (Lipinski definition) is 4. The summed E-state index contributed by atoms with van der Waals surface area (Å²) in [5.74, 6) is 0. The van der Waals surface area contributed by atoms with Gasteiger partial charge in [0.05, 0.1) is 17.2 Å². The molecule has 20 heavy (non-hydrogen) atoms. The van der Waals surface area contributed by atoms with Gasteiger partial charge in [0.1, 0.15) is 0 Å². The Morgan fingerprint density at radius 1 is 1.25 bits per heavy atom. The van der Waals surface area contributed by atoms with Crippen LogP contribution in [0.5, 0.6) is 0 Å². The summed E-state index contributed by atoms with van der Waals surface area (Å²) in [5.41, 5.74) is 1.23. The van der Waals surface area contributed by atoms with Gasteiger partial charge in [-0.1, -0.05) is 12.1 Å². The van der Waals surface area contributed by atoms with Crippen LogP contribution in [0.15, 0.2) is 24.3 Å². The lowest BCUT2D eigenvalue weighted by Gasteiger charge is -2.17. The van der Waals surface area contributed by atoms with Crippen LogP contribution in [-0.4, -0.2) is 35.4 Å². The molecule has 0 spiro atoms. The molecule has 1 aromatic rings. The first kappa shape index (κ1) is 15.3. The molecule has 0 radical (unpaired) electrons. The molecule has 2 rings (SSSR count). The van der Waals surface area contributed by atoms with Crippen LogP contribution >= 0.6 is 0 Å². The maximum atomic E-state index is 11.7. The van der Waals surface area contributed by atoms with Crippen molar-refractivity contribution in [3.63, 3.8) is 0 Å². The molecule has 1 aliphatic carbocycles. The van der Waals surface area contributed by atoms with Crippen molar-refractivity contribution in [2.45, 2.75) is 24.6 Å². The second-order valence-electron chi connectivity index (χ2n) is 4.97. The van der Waals surface area contributed by atoms with Crippen LogP contribution in [0.2, 0.25) is 0 Å². The van der Waals surface area contributed by atoms with Crippen LogP contribution < -0.4 is 9.03 Å². The number of benzene rings is 1. The Bertz CT molecular complexity index is 694. The highest BCUT2D eigenvalue weighted by atomic mass is 32.2. The van der Waals surface area contributed by atoms with Crippen LogP contribution in [0.3, 0.4) is 0 Å². The van der Waals surface area contributed by atoms with Gasteiger partial charge in [-0.2, -0.15) is 0 Å². The zero-order valence-electron chi connectivity index (χ0n) is 11.4. The fourth-order valence-electron chi connectivity index (χ4n) is 1.73. The van der Waals surface area contributed by atoms with Crippen molar-refractivity contribution in [2.24, 2.45) is 0 Å². The van der Waals surface area contributed by atoms with Crippen LogP contribution in [0, 0.1) is 0 Å². The Morgan fingerprint density at radius 2 is 1.90 bits per heavy atom. The van der Waals surface area contributed by atoms with E-state index in [-0.39, 0.29) is 11.8 Å². The highest BCUT2D eigenvalue weighted by molar-refractivity contribution is 7.92. The minimum atomic E-state index is -3.32. The molecule has 6 nitrogen and oxygen atoms in total. The Morgan fingerprint density at radius 3 is 2.45 bits per heavy atom. The van der Waals surface area contributed by atoms with Gasteiger partial charge in [0, 0.05) is 13.6 Å². The molecule has 0 saturated heterocycles. The van der Waals surface area contributed by atoms with Gasteiger partial charge in [0.2, 0.25) is 20.0 Å². The van der Waals surface area contributed by atoms with Crippen molar-refractivity contribution in [2.75, 3.05) is 17.6 Å². The van der Waals surface area contributed by atoms with Gasteiger partial charge in [-0.25, -0.2) is 21.6 Å².